The van der Waals surface area contributed by atoms with Crippen LogP contribution in [0.25, 0.3) is 0 Å². The Labute approximate surface area is 93.7 Å². The summed E-state index contributed by atoms with van der Waals surface area (Å²) in [5, 5.41) is 8.99. The van der Waals surface area contributed by atoms with Crippen molar-refractivity contribution in [1.82, 2.24) is 0 Å². The maximum absolute atomic E-state index is 11.0. The molecule has 0 bridgehead atoms. The minimum Gasteiger partial charge on any atom is -0.489 e. The molecule has 0 atom stereocenters. The molecule has 1 N–H and O–H groups in total. The van der Waals surface area contributed by atoms with Crippen molar-refractivity contribution in [3.63, 3.8) is 0 Å². The maximum Gasteiger partial charge on any atom is 0.349 e. The molecule has 0 saturated heterocycles. The lowest BCUT2D eigenvalue weighted by atomic mass is 10.3. The van der Waals surface area contributed by atoms with E-state index in [1.54, 1.807) is 0 Å². The van der Waals surface area contributed by atoms with Crippen LogP contribution in [0.5, 0.6) is 5.75 Å². The molecule has 3 nitrogen and oxygen atoms in total. The molecule has 1 rings (SSSR count). The molecule has 1 aromatic rings. The summed E-state index contributed by atoms with van der Waals surface area (Å²) in [5.41, 5.74) is 0. The van der Waals surface area contributed by atoms with Crippen LogP contribution in [0.3, 0.4) is 0 Å². The van der Waals surface area contributed by atoms with Crippen LogP contribution in [0.1, 0.15) is 41.7 Å². The Kier molecular flexibility index (Phi) is 4.15. The third-order valence-corrected chi connectivity index (χ3v) is 2.97. The number of carbonyl (C=O) groups is 1. The Morgan fingerprint density at radius 2 is 2.27 bits per heavy atom. The zero-order chi connectivity index (χ0) is 11.4. The number of rotatable bonds is 5. The van der Waals surface area contributed by atoms with Crippen molar-refractivity contribution in [2.24, 2.45) is 0 Å². The normalized spacial score (nSPS) is 10.7. The molecule has 1 heterocycles. The molecular formula is C11H16O3S. The first-order valence-electron chi connectivity index (χ1n) is 5.07. The molecule has 0 saturated carbocycles. The Morgan fingerprint density at radius 1 is 1.60 bits per heavy atom. The molecule has 0 radical (unpaired) electrons. The lowest BCUT2D eigenvalue weighted by molar-refractivity contribution is 0.0696. The van der Waals surface area contributed by atoms with Gasteiger partial charge in [-0.3, -0.25) is 0 Å². The summed E-state index contributed by atoms with van der Waals surface area (Å²) >= 11 is 1.31. The molecule has 0 fully saturated rings. The van der Waals surface area contributed by atoms with Crippen molar-refractivity contribution in [3.8, 4) is 5.75 Å². The fourth-order valence-corrected chi connectivity index (χ4v) is 2.31. The van der Waals surface area contributed by atoms with Crippen LogP contribution in [-0.2, 0) is 6.42 Å². The average molecular weight is 228 g/mol. The van der Waals surface area contributed by atoms with E-state index in [0.29, 0.717) is 10.6 Å². The molecule has 1 aromatic heterocycles. The van der Waals surface area contributed by atoms with Crippen LogP contribution in [0.4, 0.5) is 0 Å². The van der Waals surface area contributed by atoms with Gasteiger partial charge in [-0.15, -0.1) is 11.3 Å². The highest BCUT2D eigenvalue weighted by Crippen LogP contribution is 2.31. The zero-order valence-electron chi connectivity index (χ0n) is 9.24. The van der Waals surface area contributed by atoms with Gasteiger partial charge in [0.1, 0.15) is 5.75 Å². The van der Waals surface area contributed by atoms with Gasteiger partial charge in [-0.05, 0) is 26.3 Å². The average Bonchev–Trinajstić information content (AvgIpc) is 2.47. The first kappa shape index (κ1) is 12.0. The van der Waals surface area contributed by atoms with Crippen molar-refractivity contribution in [3.05, 3.63) is 15.8 Å². The van der Waals surface area contributed by atoms with Crippen LogP contribution in [-0.4, -0.2) is 17.2 Å². The van der Waals surface area contributed by atoms with E-state index in [1.165, 1.54) is 11.3 Å². The second-order valence-corrected chi connectivity index (χ2v) is 4.76. The number of carboxylic acids is 1. The molecule has 4 heteroatoms. The molecule has 84 valence electrons. The third-order valence-electron chi connectivity index (χ3n) is 1.80. The van der Waals surface area contributed by atoms with Crippen molar-refractivity contribution >= 4 is 17.3 Å². The summed E-state index contributed by atoms with van der Waals surface area (Å²) in [7, 11) is 0. The number of aromatic carboxylic acids is 1. The summed E-state index contributed by atoms with van der Waals surface area (Å²) in [5.74, 6) is -0.399. The number of ether oxygens (including phenoxy) is 1. The van der Waals surface area contributed by atoms with E-state index in [9.17, 15) is 4.79 Å². The molecule has 0 aliphatic rings. The van der Waals surface area contributed by atoms with Crippen LogP contribution in [0.2, 0.25) is 0 Å². The van der Waals surface area contributed by atoms with E-state index in [4.69, 9.17) is 9.84 Å². The first-order chi connectivity index (χ1) is 7.04. The van der Waals surface area contributed by atoms with E-state index < -0.39 is 5.97 Å². The van der Waals surface area contributed by atoms with E-state index in [0.717, 1.165) is 17.7 Å². The zero-order valence-corrected chi connectivity index (χ0v) is 10.1. The number of aryl methyl sites for hydroxylation is 1. The Bertz CT molecular complexity index is 342. The van der Waals surface area contributed by atoms with Crippen LogP contribution < -0.4 is 4.74 Å². The number of hydrogen-bond donors (Lipinski definition) is 1. The smallest absolute Gasteiger partial charge is 0.349 e. The van der Waals surface area contributed by atoms with Crippen LogP contribution >= 0.6 is 11.3 Å². The number of carboxylic acid groups (broad SMARTS) is 1. The second-order valence-electron chi connectivity index (χ2n) is 3.63. The summed E-state index contributed by atoms with van der Waals surface area (Å²) in [6, 6.07) is 1.84. The minimum atomic E-state index is -0.905. The monoisotopic (exact) mass is 228 g/mol. The van der Waals surface area contributed by atoms with Gasteiger partial charge in [-0.2, -0.15) is 0 Å². The van der Waals surface area contributed by atoms with Gasteiger partial charge in [0.05, 0.1) is 6.10 Å². The van der Waals surface area contributed by atoms with Gasteiger partial charge in [0.25, 0.3) is 0 Å². The van der Waals surface area contributed by atoms with E-state index in [1.807, 2.05) is 19.9 Å². The summed E-state index contributed by atoms with van der Waals surface area (Å²) in [6.07, 6.45) is 1.93. The van der Waals surface area contributed by atoms with Gasteiger partial charge in [-0.25, -0.2) is 4.79 Å². The first-order valence-corrected chi connectivity index (χ1v) is 5.89. The fraction of sp³-hybridized carbons (Fsp3) is 0.545. The Balaban J connectivity index is 2.95. The highest BCUT2D eigenvalue weighted by molar-refractivity contribution is 7.14. The highest BCUT2D eigenvalue weighted by Gasteiger charge is 2.17. The molecule has 0 aliphatic carbocycles. The predicted octanol–water partition coefficient (Wildman–Crippen LogP) is 3.19. The van der Waals surface area contributed by atoms with Crippen molar-refractivity contribution in [2.45, 2.75) is 39.7 Å². The lowest BCUT2D eigenvalue weighted by Crippen LogP contribution is -2.07. The SMILES string of the molecule is CCCc1cc(OC(C)C)c(C(=O)O)s1. The second kappa shape index (κ2) is 5.16. The molecular weight excluding hydrogens is 212 g/mol. The van der Waals surface area contributed by atoms with Gasteiger partial charge in [-0.1, -0.05) is 13.3 Å². The van der Waals surface area contributed by atoms with E-state index >= 15 is 0 Å². The van der Waals surface area contributed by atoms with Crippen molar-refractivity contribution < 1.29 is 14.6 Å². The van der Waals surface area contributed by atoms with Crippen LogP contribution in [0, 0.1) is 0 Å². The third kappa shape index (κ3) is 3.23. The van der Waals surface area contributed by atoms with Crippen molar-refractivity contribution in [2.75, 3.05) is 0 Å². The predicted molar refractivity (Wildman–Crippen MR) is 61.0 cm³/mol. The Hall–Kier alpha value is -1.03. The largest absolute Gasteiger partial charge is 0.489 e. The minimum absolute atomic E-state index is 0.00664. The fourth-order valence-electron chi connectivity index (χ4n) is 1.28. The Morgan fingerprint density at radius 3 is 2.73 bits per heavy atom. The maximum atomic E-state index is 11.0. The van der Waals surface area contributed by atoms with E-state index in [2.05, 4.69) is 6.92 Å². The summed E-state index contributed by atoms with van der Waals surface area (Å²) in [6.45, 7) is 5.86. The van der Waals surface area contributed by atoms with Gasteiger partial charge in [0, 0.05) is 4.88 Å². The molecule has 0 spiro atoms. The van der Waals surface area contributed by atoms with E-state index in [-0.39, 0.29) is 6.10 Å². The molecule has 0 aliphatic heterocycles. The molecule has 15 heavy (non-hydrogen) atoms. The van der Waals surface area contributed by atoms with Crippen molar-refractivity contribution in [1.29, 1.82) is 0 Å². The van der Waals surface area contributed by atoms with Gasteiger partial charge >= 0.3 is 5.97 Å². The molecule has 0 amide bonds. The molecule has 0 aromatic carbocycles. The highest BCUT2D eigenvalue weighted by atomic mass is 32.1. The number of thiophene rings is 1. The number of hydrogen-bond acceptors (Lipinski definition) is 3. The summed E-state index contributed by atoms with van der Waals surface area (Å²) < 4.78 is 5.46. The molecule has 0 unspecified atom stereocenters. The van der Waals surface area contributed by atoms with Crippen LogP contribution in [0.15, 0.2) is 6.07 Å². The van der Waals surface area contributed by atoms with Gasteiger partial charge in [0.2, 0.25) is 0 Å². The topological polar surface area (TPSA) is 46.5 Å². The summed E-state index contributed by atoms with van der Waals surface area (Å²) in [4.78, 5) is 12.3. The van der Waals surface area contributed by atoms with Gasteiger partial charge in [0.15, 0.2) is 4.88 Å². The standard InChI is InChI=1S/C11H16O3S/c1-4-5-8-6-9(14-7(2)3)10(15-8)11(12)13/h6-7H,4-5H2,1-3H3,(H,12,13). The quantitative estimate of drug-likeness (QED) is 0.841. The lowest BCUT2D eigenvalue weighted by Gasteiger charge is -2.07. The van der Waals surface area contributed by atoms with Gasteiger partial charge < -0.3 is 9.84 Å².